The molecule has 0 aromatic heterocycles. The van der Waals surface area contributed by atoms with Gasteiger partial charge in [-0.3, -0.25) is 5.32 Å². The van der Waals surface area contributed by atoms with Crippen LogP contribution in [0.15, 0.2) is 11.6 Å². The van der Waals surface area contributed by atoms with Crippen molar-refractivity contribution in [2.75, 3.05) is 6.54 Å². The van der Waals surface area contributed by atoms with Crippen LogP contribution in [0.25, 0.3) is 0 Å². The summed E-state index contributed by atoms with van der Waals surface area (Å²) in [5, 5.41) is 12.7. The van der Waals surface area contributed by atoms with Gasteiger partial charge in [0.05, 0.1) is 6.07 Å². The third-order valence-electron chi connectivity index (χ3n) is 3.97. The van der Waals surface area contributed by atoms with E-state index in [0.29, 0.717) is 0 Å². The molecule has 2 aliphatic carbocycles. The zero-order valence-corrected chi connectivity index (χ0v) is 10.1. The molecule has 0 atom stereocenters. The molecular weight excluding hydrogens is 196 g/mol. The Bertz CT molecular complexity index is 292. The molecule has 0 unspecified atom stereocenters. The molecule has 2 heteroatoms. The van der Waals surface area contributed by atoms with Gasteiger partial charge in [-0.05, 0) is 44.9 Å². The summed E-state index contributed by atoms with van der Waals surface area (Å²) in [5.74, 6) is 0. The van der Waals surface area contributed by atoms with Gasteiger partial charge in [-0.1, -0.05) is 24.5 Å². The normalized spacial score (nSPS) is 23.8. The van der Waals surface area contributed by atoms with Crippen LogP contribution in [0.4, 0.5) is 0 Å². The van der Waals surface area contributed by atoms with Crippen molar-refractivity contribution in [3.8, 4) is 6.07 Å². The second kappa shape index (κ2) is 5.50. The first kappa shape index (κ1) is 11.7. The highest BCUT2D eigenvalue weighted by Gasteiger charge is 2.32. The fraction of sp³-hybridized carbons (Fsp3) is 0.786. The van der Waals surface area contributed by atoms with Gasteiger partial charge < -0.3 is 0 Å². The summed E-state index contributed by atoms with van der Waals surface area (Å²) in [4.78, 5) is 0. The Morgan fingerprint density at radius 2 is 2.06 bits per heavy atom. The van der Waals surface area contributed by atoms with Gasteiger partial charge in [0, 0.05) is 6.54 Å². The van der Waals surface area contributed by atoms with Crippen LogP contribution in [0.3, 0.4) is 0 Å². The Morgan fingerprint density at radius 3 is 2.69 bits per heavy atom. The van der Waals surface area contributed by atoms with Gasteiger partial charge in [0.25, 0.3) is 0 Å². The summed E-state index contributed by atoms with van der Waals surface area (Å²) in [6.45, 7) is 0.986. The Kier molecular flexibility index (Phi) is 4.01. The molecule has 0 spiro atoms. The third-order valence-corrected chi connectivity index (χ3v) is 3.97. The summed E-state index contributed by atoms with van der Waals surface area (Å²) < 4.78 is 0. The van der Waals surface area contributed by atoms with E-state index in [-0.39, 0.29) is 5.54 Å². The fourth-order valence-electron chi connectivity index (χ4n) is 2.90. The van der Waals surface area contributed by atoms with Crippen LogP contribution in [-0.4, -0.2) is 12.1 Å². The third kappa shape index (κ3) is 2.86. The van der Waals surface area contributed by atoms with Crippen molar-refractivity contribution in [3.63, 3.8) is 0 Å². The predicted molar refractivity (Wildman–Crippen MR) is 66.0 cm³/mol. The van der Waals surface area contributed by atoms with E-state index >= 15 is 0 Å². The van der Waals surface area contributed by atoms with Crippen LogP contribution in [0.5, 0.6) is 0 Å². The van der Waals surface area contributed by atoms with Crippen LogP contribution in [0, 0.1) is 11.3 Å². The van der Waals surface area contributed by atoms with Crippen molar-refractivity contribution < 1.29 is 0 Å². The molecule has 88 valence electrons. The van der Waals surface area contributed by atoms with E-state index in [0.717, 1.165) is 25.8 Å². The zero-order valence-electron chi connectivity index (χ0n) is 10.1. The minimum Gasteiger partial charge on any atom is -0.299 e. The monoisotopic (exact) mass is 218 g/mol. The van der Waals surface area contributed by atoms with Gasteiger partial charge in [-0.2, -0.15) is 5.26 Å². The van der Waals surface area contributed by atoms with E-state index in [1.165, 1.54) is 38.5 Å². The number of nitrogens with one attached hydrogen (secondary N) is 1. The smallest absolute Gasteiger partial charge is 0.106 e. The summed E-state index contributed by atoms with van der Waals surface area (Å²) in [6.07, 6.45) is 13.3. The first-order valence-corrected chi connectivity index (χ1v) is 6.69. The Morgan fingerprint density at radius 1 is 1.25 bits per heavy atom. The lowest BCUT2D eigenvalue weighted by Gasteiger charge is -2.23. The number of nitrogens with zero attached hydrogens (tertiary/aromatic N) is 1. The number of nitriles is 1. The molecule has 0 bridgehead atoms. The van der Waals surface area contributed by atoms with Crippen molar-refractivity contribution in [1.29, 1.82) is 5.26 Å². The Labute approximate surface area is 98.7 Å². The first-order chi connectivity index (χ1) is 7.85. The Balaban J connectivity index is 1.74. The van der Waals surface area contributed by atoms with Gasteiger partial charge in [0.15, 0.2) is 0 Å². The molecule has 2 aliphatic rings. The van der Waals surface area contributed by atoms with E-state index < -0.39 is 0 Å². The highest BCUT2D eigenvalue weighted by atomic mass is 15.0. The lowest BCUT2D eigenvalue weighted by Crippen LogP contribution is -2.41. The predicted octanol–water partition coefficient (Wildman–Crippen LogP) is 3.30. The topological polar surface area (TPSA) is 35.8 Å². The average Bonchev–Trinajstić information content (AvgIpc) is 2.80. The summed E-state index contributed by atoms with van der Waals surface area (Å²) >= 11 is 0. The van der Waals surface area contributed by atoms with Crippen LogP contribution >= 0.6 is 0 Å². The van der Waals surface area contributed by atoms with Crippen LogP contribution in [-0.2, 0) is 0 Å². The quantitative estimate of drug-likeness (QED) is 0.735. The molecule has 1 N–H and O–H groups in total. The second-order valence-electron chi connectivity index (χ2n) is 5.19. The molecular formula is C14H22N2. The highest BCUT2D eigenvalue weighted by Crippen LogP contribution is 2.29. The molecule has 0 heterocycles. The number of allylic oxidation sites excluding steroid dienone is 1. The van der Waals surface area contributed by atoms with E-state index in [1.807, 2.05) is 0 Å². The summed E-state index contributed by atoms with van der Waals surface area (Å²) in [6, 6.07) is 2.48. The van der Waals surface area contributed by atoms with Crippen molar-refractivity contribution in [1.82, 2.24) is 5.32 Å². The number of hydrogen-bond donors (Lipinski definition) is 1. The molecule has 0 aliphatic heterocycles. The molecule has 16 heavy (non-hydrogen) atoms. The maximum atomic E-state index is 9.23. The average molecular weight is 218 g/mol. The number of hydrogen-bond acceptors (Lipinski definition) is 2. The first-order valence-electron chi connectivity index (χ1n) is 6.69. The van der Waals surface area contributed by atoms with Crippen LogP contribution < -0.4 is 5.32 Å². The van der Waals surface area contributed by atoms with Crippen molar-refractivity contribution in [2.24, 2.45) is 0 Å². The lowest BCUT2D eigenvalue weighted by atomic mass is 9.96. The molecule has 2 rings (SSSR count). The SMILES string of the molecule is N#CC1(NCCC2=CCCCC2)CCCC1. The van der Waals surface area contributed by atoms with Gasteiger partial charge in [-0.25, -0.2) is 0 Å². The van der Waals surface area contributed by atoms with E-state index in [9.17, 15) is 5.26 Å². The standard InChI is InChI=1S/C14H22N2/c15-12-14(9-4-5-10-14)16-11-8-13-6-2-1-3-7-13/h6,16H,1-5,7-11H2. The second-order valence-corrected chi connectivity index (χ2v) is 5.19. The highest BCUT2D eigenvalue weighted by molar-refractivity contribution is 5.11. The lowest BCUT2D eigenvalue weighted by molar-refractivity contribution is 0.423. The van der Waals surface area contributed by atoms with E-state index in [1.54, 1.807) is 5.57 Å². The van der Waals surface area contributed by atoms with Gasteiger partial charge in [0.1, 0.15) is 5.54 Å². The van der Waals surface area contributed by atoms with Crippen molar-refractivity contribution in [3.05, 3.63) is 11.6 Å². The van der Waals surface area contributed by atoms with Crippen LogP contribution in [0.2, 0.25) is 0 Å². The molecule has 0 amide bonds. The minimum atomic E-state index is -0.185. The van der Waals surface area contributed by atoms with E-state index in [2.05, 4.69) is 17.5 Å². The maximum absolute atomic E-state index is 9.23. The van der Waals surface area contributed by atoms with Gasteiger partial charge in [0.2, 0.25) is 0 Å². The maximum Gasteiger partial charge on any atom is 0.106 e. The molecule has 0 radical (unpaired) electrons. The van der Waals surface area contributed by atoms with Crippen molar-refractivity contribution >= 4 is 0 Å². The molecule has 1 saturated carbocycles. The minimum absolute atomic E-state index is 0.185. The van der Waals surface area contributed by atoms with Crippen molar-refractivity contribution in [2.45, 2.75) is 63.3 Å². The molecule has 0 aromatic carbocycles. The summed E-state index contributed by atoms with van der Waals surface area (Å²) in [5.41, 5.74) is 1.42. The largest absolute Gasteiger partial charge is 0.299 e. The van der Waals surface area contributed by atoms with Gasteiger partial charge >= 0.3 is 0 Å². The Hall–Kier alpha value is -0.810. The summed E-state index contributed by atoms with van der Waals surface area (Å²) in [7, 11) is 0. The molecule has 0 aromatic rings. The zero-order chi connectivity index (χ0) is 11.3. The molecule has 0 saturated heterocycles. The molecule has 1 fully saturated rings. The van der Waals surface area contributed by atoms with Crippen LogP contribution in [0.1, 0.15) is 57.8 Å². The fourth-order valence-corrected chi connectivity index (χ4v) is 2.90. The molecule has 2 nitrogen and oxygen atoms in total. The van der Waals surface area contributed by atoms with Gasteiger partial charge in [-0.15, -0.1) is 0 Å². The number of rotatable bonds is 4. The van der Waals surface area contributed by atoms with E-state index in [4.69, 9.17) is 0 Å².